The number of nitrogens with zero attached hydrogens (tertiary/aromatic N) is 4. The molecule has 10 heteroatoms. The van der Waals surface area contributed by atoms with Gasteiger partial charge in [-0.2, -0.15) is 0 Å². The number of aromatic amines is 1. The normalized spacial score (nSPS) is 17.6. The van der Waals surface area contributed by atoms with Gasteiger partial charge in [-0.1, -0.05) is 0 Å². The van der Waals surface area contributed by atoms with Gasteiger partial charge in [0.05, 0.1) is 10.6 Å². The lowest BCUT2D eigenvalue weighted by molar-refractivity contribution is -0.383. The molecule has 24 heavy (non-hydrogen) atoms. The zero-order chi connectivity index (χ0) is 17.3. The molecule has 0 spiro atoms. The topological polar surface area (TPSA) is 121 Å². The summed E-state index contributed by atoms with van der Waals surface area (Å²) in [6.45, 7) is 1.97. The number of thiophene rings is 1. The Bertz CT molecular complexity index is 804. The Hall–Kier alpha value is -2.46. The number of nitro groups is 1. The highest BCUT2D eigenvalue weighted by Gasteiger charge is 2.30. The number of H-pyrrole nitrogens is 1. The second-order valence-electron chi connectivity index (χ2n) is 5.79. The number of nitrogens with one attached hydrogen (secondary N) is 1. The van der Waals surface area contributed by atoms with Gasteiger partial charge < -0.3 is 10.6 Å². The highest BCUT2D eigenvalue weighted by atomic mass is 32.1. The van der Waals surface area contributed by atoms with Gasteiger partial charge in [0, 0.05) is 37.8 Å². The van der Waals surface area contributed by atoms with Crippen LogP contribution in [-0.4, -0.2) is 46.0 Å². The van der Waals surface area contributed by atoms with E-state index < -0.39 is 0 Å². The third kappa shape index (κ3) is 3.39. The number of anilines is 2. The standard InChI is InChI=1S/C14H18N6O3S/c1-18(7-9-6-12(21)17-14(15)16-9)10-2-4-19(8-10)13-11(20(22)23)3-5-24-13/h3,5-6,10H,2,4,7-8H2,1H3,(H3,15,16,17,21). The van der Waals surface area contributed by atoms with Crippen molar-refractivity contribution in [3.8, 4) is 0 Å². The summed E-state index contributed by atoms with van der Waals surface area (Å²) in [7, 11) is 1.95. The van der Waals surface area contributed by atoms with Gasteiger partial charge in [0.1, 0.15) is 0 Å². The number of nitrogens with two attached hydrogens (primary N) is 1. The number of aromatic nitrogens is 2. The van der Waals surface area contributed by atoms with Crippen molar-refractivity contribution >= 4 is 28.0 Å². The molecule has 1 saturated heterocycles. The molecule has 1 fully saturated rings. The van der Waals surface area contributed by atoms with E-state index in [2.05, 4.69) is 14.9 Å². The van der Waals surface area contributed by atoms with Crippen molar-refractivity contribution in [3.05, 3.63) is 43.7 Å². The van der Waals surface area contributed by atoms with Crippen LogP contribution >= 0.6 is 11.3 Å². The lowest BCUT2D eigenvalue weighted by atomic mass is 10.2. The fraction of sp³-hybridized carbons (Fsp3) is 0.429. The summed E-state index contributed by atoms with van der Waals surface area (Å²) >= 11 is 1.39. The third-order valence-electron chi connectivity index (χ3n) is 4.12. The molecule has 1 unspecified atom stereocenters. The van der Waals surface area contributed by atoms with Crippen molar-refractivity contribution in [1.82, 2.24) is 14.9 Å². The molecule has 0 aromatic carbocycles. The van der Waals surface area contributed by atoms with Crippen molar-refractivity contribution in [1.29, 1.82) is 0 Å². The fourth-order valence-corrected chi connectivity index (χ4v) is 3.85. The molecule has 1 aliphatic heterocycles. The van der Waals surface area contributed by atoms with E-state index in [0.29, 0.717) is 23.8 Å². The molecule has 9 nitrogen and oxygen atoms in total. The Morgan fingerprint density at radius 3 is 3.12 bits per heavy atom. The number of hydrogen-bond acceptors (Lipinski definition) is 8. The SMILES string of the molecule is CN(Cc1cc(=O)[nH]c(N)n1)C1CCN(c2sccc2[N+](=O)[O-])C1. The Kier molecular flexibility index (Phi) is 4.49. The number of hydrogen-bond donors (Lipinski definition) is 2. The quantitative estimate of drug-likeness (QED) is 0.610. The largest absolute Gasteiger partial charge is 0.369 e. The third-order valence-corrected chi connectivity index (χ3v) is 5.08. The Morgan fingerprint density at radius 2 is 2.42 bits per heavy atom. The Labute approximate surface area is 141 Å². The van der Waals surface area contributed by atoms with Crippen LogP contribution in [0.1, 0.15) is 12.1 Å². The Balaban J connectivity index is 1.67. The van der Waals surface area contributed by atoms with E-state index in [9.17, 15) is 14.9 Å². The van der Waals surface area contributed by atoms with Gasteiger partial charge in [-0.25, -0.2) is 4.98 Å². The monoisotopic (exact) mass is 350 g/mol. The van der Waals surface area contributed by atoms with E-state index in [1.54, 1.807) is 11.4 Å². The number of rotatable bonds is 5. The highest BCUT2D eigenvalue weighted by molar-refractivity contribution is 7.14. The van der Waals surface area contributed by atoms with Gasteiger partial charge >= 0.3 is 5.69 Å². The van der Waals surface area contributed by atoms with Crippen LogP contribution in [0.3, 0.4) is 0 Å². The molecule has 2 aromatic heterocycles. The molecule has 2 aromatic rings. The van der Waals surface area contributed by atoms with Crippen molar-refractivity contribution in [2.75, 3.05) is 30.8 Å². The smallest absolute Gasteiger partial charge is 0.303 e. The first kappa shape index (κ1) is 16.4. The summed E-state index contributed by atoms with van der Waals surface area (Å²) in [6.07, 6.45) is 0.893. The number of likely N-dealkylation sites (N-methyl/N-ethyl adjacent to an activating group) is 1. The van der Waals surface area contributed by atoms with E-state index >= 15 is 0 Å². The predicted octanol–water partition coefficient (Wildman–Crippen LogP) is 1.03. The first-order valence-electron chi connectivity index (χ1n) is 7.47. The molecule has 128 valence electrons. The van der Waals surface area contributed by atoms with Crippen molar-refractivity contribution in [2.45, 2.75) is 19.0 Å². The van der Waals surface area contributed by atoms with E-state index in [4.69, 9.17) is 5.73 Å². The molecule has 0 radical (unpaired) electrons. The maximum absolute atomic E-state index is 11.5. The van der Waals surface area contributed by atoms with E-state index in [1.165, 1.54) is 17.4 Å². The summed E-state index contributed by atoms with van der Waals surface area (Å²) in [6, 6.07) is 3.21. The zero-order valence-corrected chi connectivity index (χ0v) is 14.0. The van der Waals surface area contributed by atoms with E-state index in [-0.39, 0.29) is 28.2 Å². The molecular formula is C14H18N6O3S. The van der Waals surface area contributed by atoms with Crippen molar-refractivity contribution in [3.63, 3.8) is 0 Å². The second kappa shape index (κ2) is 6.57. The second-order valence-corrected chi connectivity index (χ2v) is 6.69. The minimum atomic E-state index is -0.341. The van der Waals surface area contributed by atoms with Crippen LogP contribution in [0.25, 0.3) is 0 Å². The van der Waals surface area contributed by atoms with E-state index in [0.717, 1.165) is 13.0 Å². The van der Waals surface area contributed by atoms with Gasteiger partial charge in [-0.15, -0.1) is 11.3 Å². The van der Waals surface area contributed by atoms with Crippen LogP contribution in [0.15, 0.2) is 22.3 Å². The van der Waals surface area contributed by atoms with Gasteiger partial charge in [-0.3, -0.25) is 24.8 Å². The van der Waals surface area contributed by atoms with E-state index in [1.807, 2.05) is 11.9 Å². The fourth-order valence-electron chi connectivity index (χ4n) is 2.95. The maximum Gasteiger partial charge on any atom is 0.303 e. The lowest BCUT2D eigenvalue weighted by Crippen LogP contribution is -2.34. The number of nitrogen functional groups attached to an aromatic ring is 1. The maximum atomic E-state index is 11.5. The van der Waals surface area contributed by atoms with Crippen LogP contribution in [0.4, 0.5) is 16.6 Å². The molecular weight excluding hydrogens is 332 g/mol. The van der Waals surface area contributed by atoms with Gasteiger partial charge in [0.2, 0.25) is 5.95 Å². The minimum Gasteiger partial charge on any atom is -0.369 e. The molecule has 0 aliphatic carbocycles. The van der Waals surface area contributed by atoms with Crippen molar-refractivity contribution in [2.24, 2.45) is 0 Å². The summed E-state index contributed by atoms with van der Waals surface area (Å²) in [5.41, 5.74) is 6.06. The molecule has 3 N–H and O–H groups in total. The summed E-state index contributed by atoms with van der Waals surface area (Å²) in [5, 5.41) is 13.5. The van der Waals surface area contributed by atoms with Crippen molar-refractivity contribution < 1.29 is 4.92 Å². The highest BCUT2D eigenvalue weighted by Crippen LogP contribution is 2.36. The molecule has 3 rings (SSSR count). The molecule has 0 amide bonds. The zero-order valence-electron chi connectivity index (χ0n) is 13.1. The van der Waals surface area contributed by atoms with Gasteiger partial charge in [0.25, 0.3) is 5.56 Å². The predicted molar refractivity (Wildman–Crippen MR) is 92.3 cm³/mol. The van der Waals surface area contributed by atoms with Crippen LogP contribution in [0, 0.1) is 10.1 Å². The molecule has 1 aliphatic rings. The van der Waals surface area contributed by atoms with Crippen LogP contribution < -0.4 is 16.2 Å². The van der Waals surface area contributed by atoms with Crippen LogP contribution in [-0.2, 0) is 6.54 Å². The summed E-state index contributed by atoms with van der Waals surface area (Å²) in [4.78, 5) is 32.9. The average molecular weight is 350 g/mol. The first-order chi connectivity index (χ1) is 11.4. The van der Waals surface area contributed by atoms with Gasteiger partial charge in [-0.05, 0) is 18.8 Å². The first-order valence-corrected chi connectivity index (χ1v) is 8.35. The van der Waals surface area contributed by atoms with Crippen LogP contribution in [0.2, 0.25) is 0 Å². The minimum absolute atomic E-state index is 0.105. The van der Waals surface area contributed by atoms with Crippen LogP contribution in [0.5, 0.6) is 0 Å². The molecule has 1 atom stereocenters. The molecule has 0 saturated carbocycles. The average Bonchev–Trinajstić information content (AvgIpc) is 3.15. The molecule has 3 heterocycles. The lowest BCUT2D eigenvalue weighted by Gasteiger charge is -2.24. The summed E-state index contributed by atoms with van der Waals surface area (Å²) in [5.74, 6) is 0.105. The molecule has 0 bridgehead atoms. The Morgan fingerprint density at radius 1 is 1.62 bits per heavy atom. The summed E-state index contributed by atoms with van der Waals surface area (Å²) < 4.78 is 0. The van der Waals surface area contributed by atoms with Gasteiger partial charge in [0.15, 0.2) is 5.00 Å².